The maximum atomic E-state index is 12.6. The molecular weight excluding hydrogens is 316 g/mol. The van der Waals surface area contributed by atoms with E-state index in [-0.39, 0.29) is 31.6 Å². The van der Waals surface area contributed by atoms with Crippen LogP contribution in [0.3, 0.4) is 0 Å². The van der Waals surface area contributed by atoms with Crippen molar-refractivity contribution < 1.29 is 19.1 Å². The molecule has 0 heterocycles. The first-order valence-corrected chi connectivity index (χ1v) is 8.08. The number of ether oxygens (including phenoxy) is 1. The first-order chi connectivity index (χ1) is 11.6. The third kappa shape index (κ3) is 3.68. The summed E-state index contributed by atoms with van der Waals surface area (Å²) in [5.74, 6) is -0.562. The van der Waals surface area contributed by atoms with Gasteiger partial charge in [-0.15, -0.1) is 0 Å². The van der Waals surface area contributed by atoms with E-state index in [9.17, 15) is 14.4 Å². The number of carbonyl (C=O) groups is 3. The van der Waals surface area contributed by atoms with E-state index in [0.717, 1.165) is 12.8 Å². The Hall–Kier alpha value is -2.75. The fourth-order valence-corrected chi connectivity index (χ4v) is 2.79. The molecule has 0 aromatic heterocycles. The summed E-state index contributed by atoms with van der Waals surface area (Å²) >= 11 is 0. The van der Waals surface area contributed by atoms with Gasteiger partial charge in [0.05, 0.1) is 0 Å². The van der Waals surface area contributed by atoms with Gasteiger partial charge in [0.25, 0.3) is 0 Å². The van der Waals surface area contributed by atoms with Crippen molar-refractivity contribution in [3.63, 3.8) is 0 Å². The highest BCUT2D eigenvalue weighted by atomic mass is 16.5. The molecule has 0 saturated carbocycles. The van der Waals surface area contributed by atoms with Crippen molar-refractivity contribution in [3.05, 3.63) is 70.3 Å². The van der Waals surface area contributed by atoms with Gasteiger partial charge >= 0.3 is 5.97 Å². The molecule has 0 N–H and O–H groups in total. The zero-order chi connectivity index (χ0) is 17.1. The van der Waals surface area contributed by atoms with Gasteiger partial charge in [0.1, 0.15) is 6.61 Å². The second kappa shape index (κ2) is 7.88. The summed E-state index contributed by atoms with van der Waals surface area (Å²) in [6.07, 6.45) is 2.13. The number of ketones is 2. The summed E-state index contributed by atoms with van der Waals surface area (Å²) in [4.78, 5) is 36.7. The molecule has 0 unspecified atom stereocenters. The van der Waals surface area contributed by atoms with E-state index in [2.05, 4.69) is 0 Å². The van der Waals surface area contributed by atoms with Gasteiger partial charge in [0, 0.05) is 28.7 Å². The van der Waals surface area contributed by atoms with E-state index in [1.54, 1.807) is 42.5 Å². The van der Waals surface area contributed by atoms with Gasteiger partial charge in [0.15, 0.2) is 11.6 Å². The average Bonchev–Trinajstić information content (AvgIpc) is 2.62. The molecule has 0 atom stereocenters. The molecule has 0 amide bonds. The van der Waals surface area contributed by atoms with Crippen molar-refractivity contribution in [1.29, 1.82) is 0 Å². The fraction of sp³-hybridized carbons (Fsp3) is 0.286. The quantitative estimate of drug-likeness (QED) is 0.650. The van der Waals surface area contributed by atoms with Crippen molar-refractivity contribution in [3.8, 4) is 0 Å². The highest BCUT2D eigenvalue weighted by molar-refractivity contribution is 6.28. The lowest BCUT2D eigenvalue weighted by molar-refractivity contribution is -0.145. The molecule has 0 spiro atoms. The zero-order valence-corrected chi connectivity index (χ0v) is 13.5. The van der Waals surface area contributed by atoms with Crippen LogP contribution < -0.4 is 0 Å². The predicted octanol–water partition coefficient (Wildman–Crippen LogP) is 4.33. The lowest BCUT2D eigenvalue weighted by atomic mass is 9.83. The molecule has 2 aromatic carbocycles. The average molecular weight is 338 g/mol. The molecule has 0 radical (unpaired) electrons. The van der Waals surface area contributed by atoms with Crippen molar-refractivity contribution >= 4 is 17.5 Å². The molecule has 2 aromatic rings. The number of benzene rings is 2. The van der Waals surface area contributed by atoms with Crippen LogP contribution in [0.4, 0.5) is 0 Å². The summed E-state index contributed by atoms with van der Waals surface area (Å²) in [6, 6.07) is 11.8. The van der Waals surface area contributed by atoms with Crippen LogP contribution in [0.1, 0.15) is 71.0 Å². The highest BCUT2D eigenvalue weighted by Crippen LogP contribution is 2.28. The van der Waals surface area contributed by atoms with Gasteiger partial charge in [-0.25, -0.2) is 0 Å². The maximum Gasteiger partial charge on any atom is 0.306 e. The second-order valence-electron chi connectivity index (χ2n) is 5.85. The fourth-order valence-electron chi connectivity index (χ4n) is 2.79. The Morgan fingerprint density at radius 3 is 2.16 bits per heavy atom. The third-order valence-corrected chi connectivity index (χ3v) is 4.12. The number of hydrogen-bond donors (Lipinski definition) is 0. The van der Waals surface area contributed by atoms with E-state index < -0.39 is 0 Å². The Kier molecular flexibility index (Phi) is 5.86. The van der Waals surface area contributed by atoms with Gasteiger partial charge in [-0.05, 0) is 24.1 Å². The Bertz CT molecular complexity index is 820. The molecule has 0 fully saturated rings. The van der Waals surface area contributed by atoms with Crippen LogP contribution in [0.5, 0.6) is 0 Å². The lowest BCUT2D eigenvalue weighted by Crippen LogP contribution is -2.21. The number of esters is 1. The largest absolute Gasteiger partial charge is 0.461 e. The summed E-state index contributed by atoms with van der Waals surface area (Å²) in [5.41, 5.74) is 2.35. The van der Waals surface area contributed by atoms with E-state index in [4.69, 9.17) is 4.74 Å². The monoisotopic (exact) mass is 338 g/mol. The Balaban J connectivity index is 0.00000225. The summed E-state index contributed by atoms with van der Waals surface area (Å²) in [6.45, 7) is 2.12. The van der Waals surface area contributed by atoms with Gasteiger partial charge in [-0.2, -0.15) is 0 Å². The van der Waals surface area contributed by atoms with Gasteiger partial charge in [0.2, 0.25) is 0 Å². The van der Waals surface area contributed by atoms with Gasteiger partial charge < -0.3 is 4.74 Å². The van der Waals surface area contributed by atoms with Crippen LogP contribution in [0.25, 0.3) is 0 Å². The Labute approximate surface area is 147 Å². The molecule has 4 nitrogen and oxygen atoms in total. The van der Waals surface area contributed by atoms with Gasteiger partial charge in [-0.1, -0.05) is 51.1 Å². The maximum absolute atomic E-state index is 12.6. The van der Waals surface area contributed by atoms with Crippen molar-refractivity contribution in [2.24, 2.45) is 0 Å². The molecule has 1 aliphatic rings. The van der Waals surface area contributed by atoms with Crippen LogP contribution in [0.15, 0.2) is 42.5 Å². The number of fused-ring (bicyclic) bond motifs is 2. The standard InChI is InChI=1S/C20H18O4.CH4/c1-2-3-8-18(21)24-12-13-9-10-16-17(11-13)20(23)15-7-5-4-6-14(15)19(16)22;/h4-7,9-11H,2-3,8,12H2,1H3;1H4. The Morgan fingerprint density at radius 2 is 1.52 bits per heavy atom. The number of unbranched alkanes of at least 4 members (excludes halogenated alkanes) is 1. The predicted molar refractivity (Wildman–Crippen MR) is 95.8 cm³/mol. The minimum Gasteiger partial charge on any atom is -0.461 e. The van der Waals surface area contributed by atoms with Crippen LogP contribution in [-0.4, -0.2) is 17.5 Å². The normalized spacial score (nSPS) is 12.0. The minimum atomic E-state index is -0.248. The van der Waals surface area contributed by atoms with E-state index in [1.807, 2.05) is 6.92 Å². The summed E-state index contributed by atoms with van der Waals surface area (Å²) in [5, 5.41) is 0. The third-order valence-electron chi connectivity index (χ3n) is 4.12. The first-order valence-electron chi connectivity index (χ1n) is 8.08. The van der Waals surface area contributed by atoms with Crippen molar-refractivity contribution in [2.75, 3.05) is 0 Å². The van der Waals surface area contributed by atoms with Crippen molar-refractivity contribution in [2.45, 2.75) is 40.2 Å². The molecule has 130 valence electrons. The van der Waals surface area contributed by atoms with E-state index in [0.29, 0.717) is 34.2 Å². The topological polar surface area (TPSA) is 60.4 Å². The minimum absolute atomic E-state index is 0. The van der Waals surface area contributed by atoms with Crippen molar-refractivity contribution in [1.82, 2.24) is 0 Å². The van der Waals surface area contributed by atoms with Crippen LogP contribution in [-0.2, 0) is 16.1 Å². The van der Waals surface area contributed by atoms with Crippen LogP contribution in [0, 0.1) is 0 Å². The van der Waals surface area contributed by atoms with Crippen LogP contribution in [0.2, 0.25) is 0 Å². The molecule has 0 bridgehead atoms. The van der Waals surface area contributed by atoms with E-state index in [1.165, 1.54) is 0 Å². The van der Waals surface area contributed by atoms with Crippen LogP contribution >= 0.6 is 0 Å². The number of carbonyl (C=O) groups excluding carboxylic acids is 3. The second-order valence-corrected chi connectivity index (χ2v) is 5.85. The molecule has 3 rings (SSSR count). The van der Waals surface area contributed by atoms with E-state index >= 15 is 0 Å². The summed E-state index contributed by atoms with van der Waals surface area (Å²) in [7, 11) is 0. The zero-order valence-electron chi connectivity index (χ0n) is 13.5. The summed E-state index contributed by atoms with van der Waals surface area (Å²) < 4.78 is 5.22. The highest BCUT2D eigenvalue weighted by Gasteiger charge is 2.29. The Morgan fingerprint density at radius 1 is 0.920 bits per heavy atom. The number of hydrogen-bond acceptors (Lipinski definition) is 4. The lowest BCUT2D eigenvalue weighted by Gasteiger charge is -2.18. The molecular formula is C21H22O4. The molecule has 0 aliphatic heterocycles. The first kappa shape index (κ1) is 18.6. The smallest absolute Gasteiger partial charge is 0.306 e. The van der Waals surface area contributed by atoms with Gasteiger partial charge in [-0.3, -0.25) is 14.4 Å². The molecule has 25 heavy (non-hydrogen) atoms. The SMILES string of the molecule is C.CCCCC(=O)OCc1ccc2c(c1)C(=O)c1ccccc1C2=O. The molecule has 1 aliphatic carbocycles. The molecule has 4 heteroatoms. The molecule has 0 saturated heterocycles. The number of rotatable bonds is 5.